The molecule has 1 aromatic rings. The van der Waals surface area contributed by atoms with Gasteiger partial charge >= 0.3 is 0 Å². The van der Waals surface area contributed by atoms with Gasteiger partial charge < -0.3 is 5.11 Å². The zero-order valence-corrected chi connectivity index (χ0v) is 12.8. The van der Waals surface area contributed by atoms with Crippen molar-refractivity contribution in [1.29, 1.82) is 0 Å². The number of hydrogen-bond donors (Lipinski definition) is 1. The summed E-state index contributed by atoms with van der Waals surface area (Å²) in [6, 6.07) is 7.95. The Morgan fingerprint density at radius 3 is 2.86 bits per heavy atom. The van der Waals surface area contributed by atoms with Gasteiger partial charge in [-0.1, -0.05) is 24.3 Å². The van der Waals surface area contributed by atoms with Gasteiger partial charge in [0.15, 0.2) is 0 Å². The second kappa shape index (κ2) is 5.91. The fourth-order valence-electron chi connectivity index (χ4n) is 3.17. The molecular weight excluding hydrogens is 286 g/mol. The minimum Gasteiger partial charge on any atom is -0.396 e. The van der Waals surface area contributed by atoms with Crippen LogP contribution in [-0.4, -0.2) is 37.5 Å². The van der Waals surface area contributed by atoms with Crippen LogP contribution >= 0.6 is 0 Å². The fourth-order valence-corrected chi connectivity index (χ4v) is 4.91. The summed E-state index contributed by atoms with van der Waals surface area (Å²) in [6.45, 7) is 1.07. The molecule has 5 heteroatoms. The van der Waals surface area contributed by atoms with Gasteiger partial charge in [0.05, 0.1) is 4.91 Å². The van der Waals surface area contributed by atoms with Gasteiger partial charge in [-0.15, -0.1) is 0 Å². The third-order valence-corrected chi connectivity index (χ3v) is 6.42. The molecule has 0 spiro atoms. The largest absolute Gasteiger partial charge is 0.396 e. The molecule has 21 heavy (non-hydrogen) atoms. The van der Waals surface area contributed by atoms with Crippen molar-refractivity contribution in [2.24, 2.45) is 5.92 Å². The normalized spacial score (nSPS) is 23.5. The lowest BCUT2D eigenvalue weighted by Gasteiger charge is -2.32. The van der Waals surface area contributed by atoms with E-state index < -0.39 is 10.0 Å². The third kappa shape index (κ3) is 2.91. The minimum absolute atomic E-state index is 0.0634. The molecule has 1 fully saturated rings. The number of allylic oxidation sites excluding steroid dienone is 1. The van der Waals surface area contributed by atoms with Crippen molar-refractivity contribution in [3.05, 3.63) is 40.3 Å². The lowest BCUT2D eigenvalue weighted by molar-refractivity contribution is 0.166. The summed E-state index contributed by atoms with van der Waals surface area (Å²) in [6.07, 6.45) is 4.90. The van der Waals surface area contributed by atoms with Crippen LogP contribution in [0.1, 0.15) is 30.4 Å². The summed E-state index contributed by atoms with van der Waals surface area (Å²) in [7, 11) is -3.39. The average Bonchev–Trinajstić information content (AvgIpc) is 2.54. The number of rotatable bonds is 3. The van der Waals surface area contributed by atoms with Crippen molar-refractivity contribution in [2.75, 3.05) is 19.7 Å². The van der Waals surface area contributed by atoms with Crippen LogP contribution in [0.15, 0.2) is 29.2 Å². The summed E-state index contributed by atoms with van der Waals surface area (Å²) in [5.41, 5.74) is 2.22. The van der Waals surface area contributed by atoms with Gasteiger partial charge in [-0.3, -0.25) is 0 Å². The highest BCUT2D eigenvalue weighted by molar-refractivity contribution is 7.93. The molecule has 0 amide bonds. The lowest BCUT2D eigenvalue weighted by Crippen LogP contribution is -2.41. The molecule has 1 aliphatic heterocycles. The Balaban J connectivity index is 1.87. The van der Waals surface area contributed by atoms with E-state index in [1.54, 1.807) is 4.31 Å². The molecule has 0 saturated carbocycles. The van der Waals surface area contributed by atoms with Crippen LogP contribution in [0.2, 0.25) is 0 Å². The number of piperidine rings is 1. The van der Waals surface area contributed by atoms with E-state index in [2.05, 4.69) is 6.07 Å². The lowest BCUT2D eigenvalue weighted by atomic mass is 9.98. The predicted molar refractivity (Wildman–Crippen MR) is 83.0 cm³/mol. The molecule has 0 bridgehead atoms. The van der Waals surface area contributed by atoms with E-state index in [1.807, 2.05) is 24.3 Å². The highest BCUT2D eigenvalue weighted by atomic mass is 32.2. The van der Waals surface area contributed by atoms with Gasteiger partial charge in [0.25, 0.3) is 0 Å². The maximum Gasteiger partial charge on any atom is 0.239 e. The van der Waals surface area contributed by atoms with Crippen LogP contribution in [0.5, 0.6) is 0 Å². The SMILES string of the molecule is O=S(=O)(C1=Cc2ccccc2CC1)N1CCCC(CO)C1. The highest BCUT2D eigenvalue weighted by Crippen LogP contribution is 2.30. The third-order valence-electron chi connectivity index (χ3n) is 4.42. The number of sulfonamides is 1. The number of fused-ring (bicyclic) bond motifs is 1. The molecular formula is C16H21NO3S. The van der Waals surface area contributed by atoms with E-state index in [0.717, 1.165) is 24.8 Å². The Hall–Kier alpha value is -1.17. The Morgan fingerprint density at radius 2 is 2.05 bits per heavy atom. The van der Waals surface area contributed by atoms with Crippen molar-refractivity contribution in [2.45, 2.75) is 25.7 Å². The summed E-state index contributed by atoms with van der Waals surface area (Å²) in [5.74, 6) is 0.0741. The van der Waals surface area contributed by atoms with Crippen molar-refractivity contribution in [3.63, 3.8) is 0 Å². The highest BCUT2D eigenvalue weighted by Gasteiger charge is 2.32. The molecule has 1 aliphatic carbocycles. The second-order valence-corrected chi connectivity index (χ2v) is 7.85. The van der Waals surface area contributed by atoms with Crippen LogP contribution in [0.25, 0.3) is 6.08 Å². The minimum atomic E-state index is -3.39. The number of nitrogens with zero attached hydrogens (tertiary/aromatic N) is 1. The molecule has 1 heterocycles. The van der Waals surface area contributed by atoms with Gasteiger partial charge in [-0.05, 0) is 48.8 Å². The Bertz CT molecular complexity index is 651. The average molecular weight is 307 g/mol. The van der Waals surface area contributed by atoms with Crippen molar-refractivity contribution < 1.29 is 13.5 Å². The van der Waals surface area contributed by atoms with E-state index in [0.29, 0.717) is 24.4 Å². The quantitative estimate of drug-likeness (QED) is 0.929. The molecule has 0 aromatic heterocycles. The first-order chi connectivity index (χ1) is 10.1. The van der Waals surface area contributed by atoms with E-state index in [9.17, 15) is 13.5 Å². The van der Waals surface area contributed by atoms with Crippen molar-refractivity contribution in [1.82, 2.24) is 4.31 Å². The molecule has 1 atom stereocenters. The Labute approximate surface area is 126 Å². The van der Waals surface area contributed by atoms with E-state index in [1.165, 1.54) is 5.56 Å². The molecule has 1 unspecified atom stereocenters. The van der Waals surface area contributed by atoms with Crippen LogP contribution in [0.4, 0.5) is 0 Å². The maximum absolute atomic E-state index is 12.8. The Kier molecular flexibility index (Phi) is 4.15. The van der Waals surface area contributed by atoms with Crippen LogP contribution in [0.3, 0.4) is 0 Å². The van der Waals surface area contributed by atoms with Crippen molar-refractivity contribution in [3.8, 4) is 0 Å². The molecule has 1 saturated heterocycles. The molecule has 2 aliphatic rings. The topological polar surface area (TPSA) is 57.6 Å². The van der Waals surface area contributed by atoms with Crippen LogP contribution in [-0.2, 0) is 16.4 Å². The Morgan fingerprint density at radius 1 is 1.24 bits per heavy atom. The summed E-state index contributed by atoms with van der Waals surface area (Å²) in [4.78, 5) is 0.514. The second-order valence-electron chi connectivity index (χ2n) is 5.86. The zero-order valence-electron chi connectivity index (χ0n) is 12.0. The van der Waals surface area contributed by atoms with E-state index >= 15 is 0 Å². The number of benzene rings is 1. The molecule has 114 valence electrons. The summed E-state index contributed by atoms with van der Waals surface area (Å²) >= 11 is 0. The number of hydrogen-bond acceptors (Lipinski definition) is 3. The first kappa shape index (κ1) is 14.8. The van der Waals surface area contributed by atoms with Crippen LogP contribution < -0.4 is 0 Å². The number of aliphatic hydroxyl groups excluding tert-OH is 1. The van der Waals surface area contributed by atoms with Crippen molar-refractivity contribution >= 4 is 16.1 Å². The first-order valence-electron chi connectivity index (χ1n) is 7.51. The molecule has 3 rings (SSSR count). The number of aryl methyl sites for hydroxylation is 1. The summed E-state index contributed by atoms with van der Waals surface area (Å²) in [5, 5.41) is 9.28. The van der Waals surface area contributed by atoms with Gasteiger partial charge in [-0.2, -0.15) is 4.31 Å². The van der Waals surface area contributed by atoms with Gasteiger partial charge in [0, 0.05) is 19.7 Å². The molecule has 1 aromatic carbocycles. The zero-order chi connectivity index (χ0) is 14.9. The standard InChI is InChI=1S/C16H21NO3S/c18-12-13-4-3-9-17(11-13)21(19,20)16-8-7-14-5-1-2-6-15(14)10-16/h1-2,5-6,10,13,18H,3-4,7-9,11-12H2. The molecule has 1 N–H and O–H groups in total. The van der Waals surface area contributed by atoms with E-state index in [-0.39, 0.29) is 12.5 Å². The van der Waals surface area contributed by atoms with Gasteiger partial charge in [-0.25, -0.2) is 8.42 Å². The number of aliphatic hydroxyl groups is 1. The molecule has 0 radical (unpaired) electrons. The predicted octanol–water partition coefficient (Wildman–Crippen LogP) is 2.01. The van der Waals surface area contributed by atoms with Gasteiger partial charge in [0.2, 0.25) is 10.0 Å². The fraction of sp³-hybridized carbons (Fsp3) is 0.500. The first-order valence-corrected chi connectivity index (χ1v) is 8.95. The maximum atomic E-state index is 12.8. The van der Waals surface area contributed by atoms with Gasteiger partial charge in [0.1, 0.15) is 0 Å². The smallest absolute Gasteiger partial charge is 0.239 e. The van der Waals surface area contributed by atoms with Crippen LogP contribution in [0, 0.1) is 5.92 Å². The molecule has 4 nitrogen and oxygen atoms in total. The van der Waals surface area contributed by atoms with E-state index in [4.69, 9.17) is 0 Å². The summed E-state index contributed by atoms with van der Waals surface area (Å²) < 4.78 is 27.1. The monoisotopic (exact) mass is 307 g/mol.